The van der Waals surface area contributed by atoms with Gasteiger partial charge in [0.2, 0.25) is 0 Å². The highest BCUT2D eigenvalue weighted by Gasteiger charge is 2.10. The molecule has 1 aliphatic carbocycles. The highest BCUT2D eigenvalue weighted by atomic mass is 32.2. The van der Waals surface area contributed by atoms with Crippen LogP contribution in [0, 0.1) is 0 Å². The van der Waals surface area contributed by atoms with Crippen LogP contribution in [0.25, 0.3) is 0 Å². The minimum Gasteiger partial charge on any atom is -0.194 e. The van der Waals surface area contributed by atoms with Crippen molar-refractivity contribution in [2.75, 3.05) is 18.8 Å². The summed E-state index contributed by atoms with van der Waals surface area (Å²) in [6.07, 6.45) is 34.2. The molecule has 3 heteroatoms. The molecule has 1 aliphatic rings. The minimum absolute atomic E-state index is 0.913. The average molecular weight is 467 g/mol. The van der Waals surface area contributed by atoms with Crippen molar-refractivity contribution in [1.29, 1.82) is 0 Å². The second kappa shape index (κ2) is 25.6. The number of thioether (sulfide) groups is 1. The van der Waals surface area contributed by atoms with Crippen LogP contribution in [-0.2, 0) is 0 Å². The van der Waals surface area contributed by atoms with E-state index >= 15 is 0 Å². The van der Waals surface area contributed by atoms with Crippen LogP contribution < -0.4 is 0 Å². The van der Waals surface area contributed by atoms with Gasteiger partial charge >= 0.3 is 0 Å². The Balaban J connectivity index is 1.81. The molecule has 0 heterocycles. The summed E-state index contributed by atoms with van der Waals surface area (Å²) < 4.78 is 0. The zero-order chi connectivity index (χ0) is 22.8. The molecule has 0 radical (unpaired) electrons. The third-order valence-corrected chi connectivity index (χ3v) is 8.49. The summed E-state index contributed by atoms with van der Waals surface area (Å²) >= 11 is 2.23. The molecule has 0 N–H and O–H groups in total. The molecule has 1 fully saturated rings. The lowest BCUT2D eigenvalue weighted by Gasteiger charge is -2.15. The van der Waals surface area contributed by atoms with E-state index in [1.165, 1.54) is 160 Å². The van der Waals surface area contributed by atoms with Gasteiger partial charge in [-0.15, -0.1) is 0 Å². The summed E-state index contributed by atoms with van der Waals surface area (Å²) in [6.45, 7) is 4.19. The van der Waals surface area contributed by atoms with Crippen LogP contribution in [0.15, 0.2) is 10.2 Å². The molecule has 0 aromatic heterocycles. The van der Waals surface area contributed by atoms with Crippen molar-refractivity contribution in [3.63, 3.8) is 0 Å². The number of unbranched alkanes of at least 4 members (excludes halogenated alkanes) is 12. The summed E-state index contributed by atoms with van der Waals surface area (Å²) in [6, 6.07) is 0. The molecule has 2 nitrogen and oxygen atoms in total. The van der Waals surface area contributed by atoms with Crippen LogP contribution in [0.1, 0.15) is 161 Å². The highest BCUT2D eigenvalue weighted by Crippen LogP contribution is 2.26. The monoisotopic (exact) mass is 466 g/mol. The van der Waals surface area contributed by atoms with Crippen molar-refractivity contribution >= 4 is 11.8 Å². The second-order valence-electron chi connectivity index (χ2n) is 10.2. The van der Waals surface area contributed by atoms with Crippen molar-refractivity contribution in [3.8, 4) is 0 Å². The Morgan fingerprint density at radius 2 is 0.906 bits per heavy atom. The fourth-order valence-electron chi connectivity index (χ4n) is 4.84. The number of hydrogen-bond acceptors (Lipinski definition) is 3. The van der Waals surface area contributed by atoms with E-state index in [2.05, 4.69) is 28.9 Å². The maximum absolute atomic E-state index is 4.43. The van der Waals surface area contributed by atoms with Crippen LogP contribution >= 0.6 is 11.8 Å². The maximum atomic E-state index is 4.43. The van der Waals surface area contributed by atoms with Crippen LogP contribution in [0.3, 0.4) is 0 Å². The van der Waals surface area contributed by atoms with Crippen molar-refractivity contribution in [3.05, 3.63) is 0 Å². The molecule has 0 aliphatic heterocycles. The lowest BCUT2D eigenvalue weighted by molar-refractivity contribution is 0.539. The summed E-state index contributed by atoms with van der Waals surface area (Å²) in [7, 11) is 0. The quantitative estimate of drug-likeness (QED) is 0.137. The van der Waals surface area contributed by atoms with Gasteiger partial charge in [-0.05, 0) is 31.4 Å². The first-order valence-corrected chi connectivity index (χ1v) is 15.9. The fraction of sp³-hybridized carbons (Fsp3) is 1.00. The van der Waals surface area contributed by atoms with Gasteiger partial charge in [-0.25, -0.2) is 0 Å². The van der Waals surface area contributed by atoms with Crippen LogP contribution in [-0.4, -0.2) is 24.1 Å². The third-order valence-electron chi connectivity index (χ3n) is 7.02. The Morgan fingerprint density at radius 3 is 1.41 bits per heavy atom. The van der Waals surface area contributed by atoms with Gasteiger partial charge in [0.05, 0.1) is 13.1 Å². The van der Waals surface area contributed by atoms with Crippen LogP contribution in [0.4, 0.5) is 0 Å². The summed E-state index contributed by atoms with van der Waals surface area (Å²) in [5.74, 6) is 1.28. The molecular weight excluding hydrogens is 408 g/mol. The minimum atomic E-state index is 0.913. The Bertz CT molecular complexity index is 373. The lowest BCUT2D eigenvalue weighted by atomic mass is 10.0. The number of hydrogen-bond donors (Lipinski definition) is 0. The van der Waals surface area contributed by atoms with Crippen molar-refractivity contribution in [1.82, 2.24) is 0 Å². The first kappa shape index (κ1) is 30.0. The van der Waals surface area contributed by atoms with E-state index < -0.39 is 0 Å². The van der Waals surface area contributed by atoms with Crippen molar-refractivity contribution in [2.24, 2.45) is 10.2 Å². The fourth-order valence-corrected chi connectivity index (χ4v) is 6.14. The molecule has 0 atom stereocenters. The lowest BCUT2D eigenvalue weighted by Crippen LogP contribution is -2.04. The average Bonchev–Trinajstić information content (AvgIpc) is 2.86. The molecule has 0 spiro atoms. The molecule has 0 bridgehead atoms. The molecule has 0 aromatic rings. The van der Waals surface area contributed by atoms with Gasteiger partial charge < -0.3 is 0 Å². The predicted octanol–water partition coefficient (Wildman–Crippen LogP) is 10.9. The van der Waals surface area contributed by atoms with Crippen LogP contribution in [0.5, 0.6) is 0 Å². The molecule has 0 unspecified atom stereocenters. The maximum Gasteiger partial charge on any atom is 0.0606 e. The van der Waals surface area contributed by atoms with E-state index in [1.807, 2.05) is 0 Å². The van der Waals surface area contributed by atoms with Gasteiger partial charge in [-0.1, -0.05) is 135 Å². The highest BCUT2D eigenvalue weighted by molar-refractivity contribution is 7.99. The Labute approximate surface area is 207 Å². The van der Waals surface area contributed by atoms with E-state index in [4.69, 9.17) is 0 Å². The Morgan fingerprint density at radius 1 is 0.500 bits per heavy atom. The van der Waals surface area contributed by atoms with E-state index in [0.717, 1.165) is 18.3 Å². The standard InChI is InChI=1S/C29H58N2S/c1-2-3-4-5-6-7-8-9-10-13-16-19-22-26-30-31-27-23-28-32-29-24-20-17-14-11-12-15-18-21-25-29/h29H,2-28H2,1H3/b31-30-. The van der Waals surface area contributed by atoms with Gasteiger partial charge in [0, 0.05) is 5.25 Å². The normalized spacial score (nSPS) is 17.0. The number of azo groups is 1. The zero-order valence-corrected chi connectivity index (χ0v) is 22.8. The molecule has 190 valence electrons. The largest absolute Gasteiger partial charge is 0.194 e. The number of rotatable bonds is 19. The van der Waals surface area contributed by atoms with E-state index in [-0.39, 0.29) is 0 Å². The first-order chi connectivity index (χ1) is 15.9. The molecule has 0 aromatic carbocycles. The SMILES string of the molecule is CCCCCCCCCCCCCCC/N=N\CCCSC1CCCCCCCCCC1. The topological polar surface area (TPSA) is 24.7 Å². The van der Waals surface area contributed by atoms with Gasteiger partial charge in [0.15, 0.2) is 0 Å². The van der Waals surface area contributed by atoms with Gasteiger partial charge in [-0.2, -0.15) is 22.0 Å². The molecule has 0 saturated heterocycles. The van der Waals surface area contributed by atoms with Gasteiger partial charge in [0.25, 0.3) is 0 Å². The zero-order valence-electron chi connectivity index (χ0n) is 22.0. The van der Waals surface area contributed by atoms with Crippen LogP contribution in [0.2, 0.25) is 0 Å². The predicted molar refractivity (Wildman–Crippen MR) is 147 cm³/mol. The molecule has 32 heavy (non-hydrogen) atoms. The summed E-state index contributed by atoms with van der Waals surface area (Å²) in [4.78, 5) is 0. The second-order valence-corrected chi connectivity index (χ2v) is 11.6. The van der Waals surface area contributed by atoms with Gasteiger partial charge in [0.1, 0.15) is 0 Å². The Hall–Kier alpha value is -0.0500. The molecular formula is C29H58N2S. The van der Waals surface area contributed by atoms with E-state index in [1.54, 1.807) is 0 Å². The summed E-state index contributed by atoms with van der Waals surface area (Å²) in [5, 5.41) is 9.77. The molecule has 0 amide bonds. The van der Waals surface area contributed by atoms with Crippen molar-refractivity contribution < 1.29 is 0 Å². The smallest absolute Gasteiger partial charge is 0.0606 e. The van der Waals surface area contributed by atoms with Gasteiger partial charge in [-0.3, -0.25) is 0 Å². The molecule has 1 saturated carbocycles. The van der Waals surface area contributed by atoms with E-state index in [9.17, 15) is 0 Å². The van der Waals surface area contributed by atoms with Crippen molar-refractivity contribution in [2.45, 2.75) is 166 Å². The summed E-state index contributed by atoms with van der Waals surface area (Å²) in [5.41, 5.74) is 0. The molecule has 1 rings (SSSR count). The van der Waals surface area contributed by atoms with E-state index in [0.29, 0.717) is 0 Å². The first-order valence-electron chi connectivity index (χ1n) is 14.9. The Kier molecular flexibility index (Phi) is 24.0. The number of nitrogens with zero attached hydrogens (tertiary/aromatic N) is 2. The third kappa shape index (κ3) is 21.8.